The predicted octanol–water partition coefficient (Wildman–Crippen LogP) is 3.14. The van der Waals surface area contributed by atoms with Gasteiger partial charge in [-0.1, -0.05) is 18.2 Å². The first-order chi connectivity index (χ1) is 9.85. The molecule has 20 heavy (non-hydrogen) atoms. The van der Waals surface area contributed by atoms with E-state index in [0.717, 1.165) is 19.4 Å². The Morgan fingerprint density at radius 3 is 3.00 bits per heavy atom. The monoisotopic (exact) mass is 268 g/mol. The van der Waals surface area contributed by atoms with E-state index in [2.05, 4.69) is 41.1 Å². The van der Waals surface area contributed by atoms with Gasteiger partial charge in [0, 0.05) is 35.1 Å². The van der Waals surface area contributed by atoms with Crippen LogP contribution in [-0.2, 0) is 11.3 Å². The Balaban J connectivity index is 1.98. The maximum Gasteiger partial charge on any atom is 0.207 e. The lowest BCUT2D eigenvalue weighted by molar-refractivity contribution is -0.110. The highest BCUT2D eigenvalue weighted by atomic mass is 16.1. The number of hydrogen-bond donors (Lipinski definition) is 1. The van der Waals surface area contributed by atoms with E-state index in [1.807, 2.05) is 0 Å². The zero-order chi connectivity index (χ0) is 13.7. The molecule has 3 aliphatic rings. The van der Waals surface area contributed by atoms with E-state index < -0.39 is 0 Å². The topological polar surface area (TPSA) is 34.0 Å². The van der Waals surface area contributed by atoms with Gasteiger partial charge in [-0.05, 0) is 43.7 Å². The van der Waals surface area contributed by atoms with Crippen molar-refractivity contribution < 1.29 is 4.79 Å². The number of rotatable bonds is 3. The molecule has 1 fully saturated rings. The van der Waals surface area contributed by atoms with E-state index in [1.165, 1.54) is 29.4 Å². The molecule has 3 atom stereocenters. The number of carbonyl (C=O) groups is 1. The molecular formula is C17H20N2O. The van der Waals surface area contributed by atoms with E-state index in [0.29, 0.717) is 17.9 Å². The van der Waals surface area contributed by atoms with Gasteiger partial charge in [0.15, 0.2) is 0 Å². The molecule has 1 aromatic heterocycles. The molecule has 2 aromatic rings. The van der Waals surface area contributed by atoms with Crippen molar-refractivity contribution in [3.8, 4) is 0 Å². The number of fused-ring (bicyclic) bond motifs is 3. The molecule has 0 saturated heterocycles. The van der Waals surface area contributed by atoms with Gasteiger partial charge in [0.05, 0.1) is 0 Å². The summed E-state index contributed by atoms with van der Waals surface area (Å²) in [6, 6.07) is 9.10. The molecule has 0 spiro atoms. The lowest BCUT2D eigenvalue weighted by Crippen LogP contribution is -2.43. The van der Waals surface area contributed by atoms with Crippen molar-refractivity contribution in [2.75, 3.05) is 0 Å². The fourth-order valence-electron chi connectivity index (χ4n) is 4.55. The van der Waals surface area contributed by atoms with Crippen LogP contribution in [0.5, 0.6) is 0 Å². The van der Waals surface area contributed by atoms with Crippen LogP contribution in [0.15, 0.2) is 24.3 Å². The molecule has 1 heterocycles. The highest BCUT2D eigenvalue weighted by Gasteiger charge is 2.43. The SMILES string of the molecule is CCn1c2c(c3ccccc31)C1CCC2C(NC=O)C1. The molecular weight excluding hydrogens is 248 g/mol. The Kier molecular flexibility index (Phi) is 2.62. The van der Waals surface area contributed by atoms with Gasteiger partial charge in [0.2, 0.25) is 6.41 Å². The maximum atomic E-state index is 10.9. The number of nitrogens with one attached hydrogen (secondary N) is 1. The molecule has 0 aliphatic heterocycles. The molecule has 1 saturated carbocycles. The zero-order valence-electron chi connectivity index (χ0n) is 11.8. The number of carbonyl (C=O) groups excluding carboxylic acids is 1. The van der Waals surface area contributed by atoms with Gasteiger partial charge in [-0.3, -0.25) is 4.79 Å². The smallest absolute Gasteiger partial charge is 0.207 e. The Labute approximate surface area is 119 Å². The second-order valence-electron chi connectivity index (χ2n) is 6.07. The third kappa shape index (κ3) is 1.43. The van der Waals surface area contributed by atoms with Crippen molar-refractivity contribution in [3.63, 3.8) is 0 Å². The number of para-hydroxylation sites is 1. The fourth-order valence-corrected chi connectivity index (χ4v) is 4.55. The molecule has 1 aromatic carbocycles. The van der Waals surface area contributed by atoms with E-state index in [1.54, 1.807) is 5.56 Å². The number of nitrogens with zero attached hydrogens (tertiary/aromatic N) is 1. The number of amides is 1. The van der Waals surface area contributed by atoms with Crippen LogP contribution in [0.1, 0.15) is 49.3 Å². The molecule has 3 heteroatoms. The average Bonchev–Trinajstić information content (AvgIpc) is 2.84. The minimum absolute atomic E-state index is 0.327. The van der Waals surface area contributed by atoms with Crippen LogP contribution in [0, 0.1) is 0 Å². The van der Waals surface area contributed by atoms with E-state index in [9.17, 15) is 4.79 Å². The number of aryl methyl sites for hydroxylation is 1. The average molecular weight is 268 g/mol. The Bertz CT molecular complexity index is 673. The molecule has 3 aliphatic carbocycles. The highest BCUT2D eigenvalue weighted by molar-refractivity contribution is 5.87. The summed E-state index contributed by atoms with van der Waals surface area (Å²) >= 11 is 0. The second-order valence-corrected chi connectivity index (χ2v) is 6.07. The first-order valence-electron chi connectivity index (χ1n) is 7.65. The summed E-state index contributed by atoms with van der Waals surface area (Å²) in [6.07, 6.45) is 4.46. The van der Waals surface area contributed by atoms with E-state index >= 15 is 0 Å². The molecule has 104 valence electrons. The van der Waals surface area contributed by atoms with Crippen molar-refractivity contribution in [2.45, 2.75) is 50.6 Å². The van der Waals surface area contributed by atoms with Crippen LogP contribution in [0.3, 0.4) is 0 Å². The van der Waals surface area contributed by atoms with Gasteiger partial charge in [-0.2, -0.15) is 0 Å². The quantitative estimate of drug-likeness (QED) is 0.853. The fraction of sp³-hybridized carbons (Fsp3) is 0.471. The van der Waals surface area contributed by atoms with E-state index in [-0.39, 0.29) is 0 Å². The normalized spacial score (nSPS) is 27.6. The summed E-state index contributed by atoms with van der Waals surface area (Å²) in [5.74, 6) is 1.11. The second kappa shape index (κ2) is 4.37. The van der Waals surface area contributed by atoms with Gasteiger partial charge in [0.1, 0.15) is 0 Å². The summed E-state index contributed by atoms with van der Waals surface area (Å²) in [4.78, 5) is 10.9. The minimum Gasteiger partial charge on any atom is -0.355 e. The largest absolute Gasteiger partial charge is 0.355 e. The van der Waals surface area contributed by atoms with Gasteiger partial charge < -0.3 is 9.88 Å². The molecule has 1 amide bonds. The molecule has 0 radical (unpaired) electrons. The lowest BCUT2D eigenvalue weighted by atomic mass is 9.66. The van der Waals surface area contributed by atoms with Crippen LogP contribution < -0.4 is 5.32 Å². The number of benzene rings is 1. The predicted molar refractivity (Wildman–Crippen MR) is 79.9 cm³/mol. The summed E-state index contributed by atoms with van der Waals surface area (Å²) < 4.78 is 2.47. The summed E-state index contributed by atoms with van der Waals surface area (Å²) in [6.45, 7) is 3.23. The molecule has 1 N–H and O–H groups in total. The van der Waals surface area contributed by atoms with Crippen molar-refractivity contribution in [2.24, 2.45) is 0 Å². The van der Waals surface area contributed by atoms with Crippen LogP contribution in [0.4, 0.5) is 0 Å². The van der Waals surface area contributed by atoms with Crippen LogP contribution >= 0.6 is 0 Å². The van der Waals surface area contributed by atoms with Crippen molar-refractivity contribution >= 4 is 17.3 Å². The van der Waals surface area contributed by atoms with Crippen LogP contribution in [-0.4, -0.2) is 17.0 Å². The van der Waals surface area contributed by atoms with Crippen molar-refractivity contribution in [1.29, 1.82) is 0 Å². The van der Waals surface area contributed by atoms with Crippen LogP contribution in [0.25, 0.3) is 10.9 Å². The third-order valence-corrected chi connectivity index (χ3v) is 5.26. The summed E-state index contributed by atoms with van der Waals surface area (Å²) in [5, 5.41) is 4.49. The molecule has 2 bridgehead atoms. The van der Waals surface area contributed by atoms with Crippen molar-refractivity contribution in [3.05, 3.63) is 35.5 Å². The standard InChI is InChI=1S/C17H20N2O/c1-2-19-15-6-4-3-5-13(15)16-11-7-8-12(17(16)19)14(9-11)18-10-20/h3-6,10-12,14H,2,7-9H2,1H3,(H,18,20). The van der Waals surface area contributed by atoms with Gasteiger partial charge in [-0.15, -0.1) is 0 Å². The van der Waals surface area contributed by atoms with Crippen molar-refractivity contribution in [1.82, 2.24) is 9.88 Å². The number of aromatic nitrogens is 1. The van der Waals surface area contributed by atoms with E-state index in [4.69, 9.17) is 0 Å². The first kappa shape index (κ1) is 12.0. The Morgan fingerprint density at radius 1 is 1.35 bits per heavy atom. The third-order valence-electron chi connectivity index (χ3n) is 5.26. The number of hydrogen-bond acceptors (Lipinski definition) is 1. The lowest BCUT2D eigenvalue weighted by Gasteiger charge is -2.43. The van der Waals surface area contributed by atoms with Gasteiger partial charge >= 0.3 is 0 Å². The first-order valence-corrected chi connectivity index (χ1v) is 7.65. The highest BCUT2D eigenvalue weighted by Crippen LogP contribution is 2.52. The van der Waals surface area contributed by atoms with Crippen LogP contribution in [0.2, 0.25) is 0 Å². The zero-order valence-corrected chi connectivity index (χ0v) is 11.8. The minimum atomic E-state index is 0.327. The molecule has 3 unspecified atom stereocenters. The van der Waals surface area contributed by atoms with Gasteiger partial charge in [0.25, 0.3) is 0 Å². The summed E-state index contributed by atoms with van der Waals surface area (Å²) in [7, 11) is 0. The Hall–Kier alpha value is -1.77. The Morgan fingerprint density at radius 2 is 2.20 bits per heavy atom. The summed E-state index contributed by atoms with van der Waals surface area (Å²) in [5.41, 5.74) is 4.43. The molecule has 5 rings (SSSR count). The maximum absolute atomic E-state index is 10.9. The molecule has 3 nitrogen and oxygen atoms in total. The van der Waals surface area contributed by atoms with Gasteiger partial charge in [-0.25, -0.2) is 0 Å².